The van der Waals surface area contributed by atoms with Crippen LogP contribution in [0.5, 0.6) is 0 Å². The molecule has 1 N–H and O–H groups in total. The molecule has 4 heteroatoms. The van der Waals surface area contributed by atoms with Crippen molar-refractivity contribution in [2.24, 2.45) is 0 Å². The summed E-state index contributed by atoms with van der Waals surface area (Å²) in [6.45, 7) is 0.153. The quantitative estimate of drug-likeness (QED) is 0.386. The van der Waals surface area contributed by atoms with E-state index >= 15 is 0 Å². The maximum absolute atomic E-state index is 9.83. The van der Waals surface area contributed by atoms with E-state index in [-0.39, 0.29) is 12.5 Å². The third-order valence-corrected chi connectivity index (χ3v) is 0.410. The lowest BCUT2D eigenvalue weighted by molar-refractivity contribution is -0.271. The second-order valence-electron chi connectivity index (χ2n) is 0.860. The Labute approximate surface area is 33.9 Å². The third-order valence-electron chi connectivity index (χ3n) is 0.410. The van der Waals surface area contributed by atoms with Crippen LogP contribution < -0.4 is 5.48 Å². The maximum Gasteiger partial charge on any atom is 0.360 e. The van der Waals surface area contributed by atoms with Gasteiger partial charge in [-0.2, -0.15) is 0 Å². The molecule has 0 saturated carbocycles. The number of hydrogen-bond donors (Lipinski definition) is 1. The van der Waals surface area contributed by atoms with Crippen LogP contribution in [-0.4, -0.2) is 12.5 Å². The van der Waals surface area contributed by atoms with Crippen molar-refractivity contribution in [2.75, 3.05) is 6.54 Å². The van der Waals surface area contributed by atoms with E-state index in [0.29, 0.717) is 0 Å². The van der Waals surface area contributed by atoms with E-state index in [9.17, 15) is 4.79 Å². The predicted octanol–water partition coefficient (Wildman–Crippen LogP) is -1.02. The second kappa shape index (κ2) is 1.24. The monoisotopic (exact) mass is 89.0 g/mol. The molecule has 0 unspecified atom stereocenters. The zero-order valence-corrected chi connectivity index (χ0v) is 2.93. The molecule has 0 aromatic carbocycles. The Bertz CT molecular complexity index is 63.2. The molecule has 0 spiro atoms. The highest BCUT2D eigenvalue weighted by Crippen LogP contribution is 1.82. The van der Waals surface area contributed by atoms with Crippen molar-refractivity contribution in [3.8, 4) is 0 Å². The summed E-state index contributed by atoms with van der Waals surface area (Å²) in [6.07, 6.45) is 0. The summed E-state index contributed by atoms with van der Waals surface area (Å²) in [5.74, 6) is -0.380. The van der Waals surface area contributed by atoms with Crippen LogP contribution in [0.2, 0.25) is 0 Å². The van der Waals surface area contributed by atoms with Crippen molar-refractivity contribution < 1.29 is 14.7 Å². The Balaban J connectivity index is 2.37. The van der Waals surface area contributed by atoms with E-state index in [1.54, 1.807) is 0 Å². The Hall–Kier alpha value is -0.610. The van der Waals surface area contributed by atoms with Crippen LogP contribution >= 0.6 is 0 Å². The summed E-state index contributed by atoms with van der Waals surface area (Å²) in [6, 6.07) is 0. The molecule has 0 bridgehead atoms. The first kappa shape index (κ1) is 3.58. The van der Waals surface area contributed by atoms with Gasteiger partial charge in [0.1, 0.15) is 6.54 Å². The average molecular weight is 89.0 g/mol. The van der Waals surface area contributed by atoms with E-state index in [1.165, 1.54) is 0 Å². The highest BCUT2D eigenvalue weighted by atomic mass is 17.3. The van der Waals surface area contributed by atoms with Crippen LogP contribution in [0.4, 0.5) is 0 Å². The number of carbonyl (C=O) groups excluding carboxylic acids is 1. The predicted molar refractivity (Wildman–Crippen MR) is 15.2 cm³/mol. The number of nitrogens with one attached hydrogen (secondary N) is 1. The molecule has 1 fully saturated rings. The van der Waals surface area contributed by atoms with Gasteiger partial charge in [0, 0.05) is 0 Å². The van der Waals surface area contributed by atoms with Gasteiger partial charge in [-0.15, -0.1) is 5.48 Å². The molecule has 1 heterocycles. The Kier molecular flexibility index (Phi) is 0.736. The molecule has 1 rings (SSSR count). The molecular formula is C2H3NO3. The highest BCUT2D eigenvalue weighted by Gasteiger charge is 2.09. The molecule has 0 aromatic heterocycles. The summed E-state index contributed by atoms with van der Waals surface area (Å²) in [5, 5.41) is 0. The fourth-order valence-electron chi connectivity index (χ4n) is 0.194. The summed E-state index contributed by atoms with van der Waals surface area (Å²) in [4.78, 5) is 17.7. The van der Waals surface area contributed by atoms with Crippen molar-refractivity contribution in [1.82, 2.24) is 5.48 Å². The molecule has 0 atom stereocenters. The fourth-order valence-corrected chi connectivity index (χ4v) is 0.194. The van der Waals surface area contributed by atoms with Gasteiger partial charge in [0.15, 0.2) is 0 Å². The highest BCUT2D eigenvalue weighted by molar-refractivity contribution is 5.71. The third kappa shape index (κ3) is 0.474. The van der Waals surface area contributed by atoms with E-state index in [4.69, 9.17) is 0 Å². The largest absolute Gasteiger partial charge is 0.360 e. The topological polar surface area (TPSA) is 47.6 Å². The molecule has 1 saturated heterocycles. The fraction of sp³-hybridized carbons (Fsp3) is 0.500. The summed E-state index contributed by atoms with van der Waals surface area (Å²) >= 11 is 0. The van der Waals surface area contributed by atoms with Crippen LogP contribution in [0.3, 0.4) is 0 Å². The van der Waals surface area contributed by atoms with Gasteiger partial charge in [-0.05, 0) is 0 Å². The molecule has 1 aliphatic heterocycles. The van der Waals surface area contributed by atoms with E-state index in [2.05, 4.69) is 15.4 Å². The molecule has 34 valence electrons. The van der Waals surface area contributed by atoms with Crippen LogP contribution in [0.1, 0.15) is 0 Å². The van der Waals surface area contributed by atoms with Crippen molar-refractivity contribution in [3.05, 3.63) is 0 Å². The first-order valence-electron chi connectivity index (χ1n) is 1.49. The Morgan fingerprint density at radius 2 is 2.67 bits per heavy atom. The van der Waals surface area contributed by atoms with Gasteiger partial charge in [-0.1, -0.05) is 4.99 Å². The van der Waals surface area contributed by atoms with Crippen molar-refractivity contribution in [1.29, 1.82) is 0 Å². The lowest BCUT2D eigenvalue weighted by Gasteiger charge is -1.77. The summed E-state index contributed by atoms with van der Waals surface area (Å²) < 4.78 is 0. The molecule has 6 heavy (non-hydrogen) atoms. The van der Waals surface area contributed by atoms with Gasteiger partial charge in [0.2, 0.25) is 0 Å². The lowest BCUT2D eigenvalue weighted by atomic mass is 10.7. The molecular weight excluding hydrogens is 86.0 g/mol. The minimum absolute atomic E-state index is 0.153. The number of rotatable bonds is 0. The molecule has 0 aliphatic carbocycles. The lowest BCUT2D eigenvalue weighted by Crippen LogP contribution is -2.06. The molecule has 1 aliphatic rings. The van der Waals surface area contributed by atoms with Crippen LogP contribution in [0, 0.1) is 0 Å². The van der Waals surface area contributed by atoms with Crippen LogP contribution in [0.25, 0.3) is 0 Å². The SMILES string of the molecule is O=C1CNOO1. The maximum atomic E-state index is 9.83. The normalized spacial score (nSPS) is 21.0. The smallest absolute Gasteiger partial charge is 0.278 e. The Morgan fingerprint density at radius 3 is 2.83 bits per heavy atom. The van der Waals surface area contributed by atoms with Crippen molar-refractivity contribution >= 4 is 5.97 Å². The first-order valence-corrected chi connectivity index (χ1v) is 1.49. The van der Waals surface area contributed by atoms with Crippen LogP contribution in [-0.2, 0) is 14.7 Å². The Morgan fingerprint density at radius 1 is 1.83 bits per heavy atom. The molecule has 4 nitrogen and oxygen atoms in total. The molecule has 0 aromatic rings. The van der Waals surface area contributed by atoms with E-state index < -0.39 is 0 Å². The van der Waals surface area contributed by atoms with Gasteiger partial charge >= 0.3 is 5.97 Å². The van der Waals surface area contributed by atoms with E-state index in [1.807, 2.05) is 0 Å². The number of carbonyl (C=O) groups is 1. The van der Waals surface area contributed by atoms with Crippen molar-refractivity contribution in [3.63, 3.8) is 0 Å². The first-order chi connectivity index (χ1) is 2.89. The van der Waals surface area contributed by atoms with Gasteiger partial charge in [0.05, 0.1) is 0 Å². The van der Waals surface area contributed by atoms with Gasteiger partial charge in [-0.25, -0.2) is 4.79 Å². The van der Waals surface area contributed by atoms with Gasteiger partial charge < -0.3 is 0 Å². The standard InChI is InChI=1S/C2H3NO3/c4-2-1-3-6-5-2/h3H,1H2. The average Bonchev–Trinajstić information content (AvgIpc) is 1.86. The van der Waals surface area contributed by atoms with E-state index in [0.717, 1.165) is 0 Å². The molecule has 0 radical (unpaired) electrons. The number of hydroxylamine groups is 1. The zero-order chi connectivity index (χ0) is 4.41. The summed E-state index contributed by atoms with van der Waals surface area (Å²) in [7, 11) is 0. The summed E-state index contributed by atoms with van der Waals surface area (Å²) in [5.41, 5.74) is 2.20. The minimum Gasteiger partial charge on any atom is -0.278 e. The number of hydrogen-bond acceptors (Lipinski definition) is 4. The van der Waals surface area contributed by atoms with Gasteiger partial charge in [-0.3, -0.25) is 4.89 Å². The van der Waals surface area contributed by atoms with Gasteiger partial charge in [0.25, 0.3) is 0 Å². The zero-order valence-electron chi connectivity index (χ0n) is 2.93. The minimum atomic E-state index is -0.380. The molecule has 0 amide bonds. The van der Waals surface area contributed by atoms with Crippen molar-refractivity contribution in [2.45, 2.75) is 0 Å². The second-order valence-corrected chi connectivity index (χ2v) is 0.860. The van der Waals surface area contributed by atoms with Crippen LogP contribution in [0.15, 0.2) is 0 Å².